The third kappa shape index (κ3) is 3.19. The molecule has 0 bridgehead atoms. The van der Waals surface area contributed by atoms with Crippen LogP contribution < -0.4 is 15.8 Å². The number of carbonyl (C=O) groups is 1. The van der Waals surface area contributed by atoms with Crippen molar-refractivity contribution in [3.8, 4) is 5.69 Å². The van der Waals surface area contributed by atoms with E-state index in [1.807, 2.05) is 45.0 Å². The van der Waals surface area contributed by atoms with E-state index in [0.717, 1.165) is 17.7 Å². The van der Waals surface area contributed by atoms with Crippen LogP contribution in [-0.4, -0.2) is 21.1 Å². The van der Waals surface area contributed by atoms with Crippen LogP contribution in [0.5, 0.6) is 0 Å². The highest BCUT2D eigenvalue weighted by Crippen LogP contribution is 2.12. The largest absolute Gasteiger partial charge is 0.344 e. The summed E-state index contributed by atoms with van der Waals surface area (Å²) in [4.78, 5) is 28.8. The van der Waals surface area contributed by atoms with Crippen molar-refractivity contribution >= 4 is 17.6 Å². The molecule has 7 heteroatoms. The van der Waals surface area contributed by atoms with Gasteiger partial charge in [0.25, 0.3) is 0 Å². The van der Waals surface area contributed by atoms with E-state index < -0.39 is 6.03 Å². The molecule has 1 N–H and O–H groups in total. The van der Waals surface area contributed by atoms with Gasteiger partial charge >= 0.3 is 11.7 Å². The standard InChI is InChI=1S/C15H20N4O2S/c1-4-11-9-7-8-10-12(11)19-14(17-13(20)16-5-2)22-18(6-3)15(19)21/h7-10H,4-6H2,1-3H3,(H,16,20)/b17-14-. The highest BCUT2D eigenvalue weighted by molar-refractivity contribution is 7.03. The van der Waals surface area contributed by atoms with Crippen molar-refractivity contribution in [2.45, 2.75) is 33.7 Å². The number of nitrogens with zero attached hydrogens (tertiary/aromatic N) is 3. The monoisotopic (exact) mass is 320 g/mol. The van der Waals surface area contributed by atoms with E-state index in [2.05, 4.69) is 10.3 Å². The Balaban J connectivity index is 2.71. The second-order valence-electron chi connectivity index (χ2n) is 4.62. The van der Waals surface area contributed by atoms with Crippen molar-refractivity contribution < 1.29 is 4.79 Å². The molecule has 2 aromatic rings. The second kappa shape index (κ2) is 7.22. The minimum atomic E-state index is -0.435. The number of rotatable bonds is 4. The molecule has 0 fully saturated rings. The molecule has 1 aromatic heterocycles. The van der Waals surface area contributed by atoms with Crippen molar-refractivity contribution in [1.82, 2.24) is 13.8 Å². The van der Waals surface area contributed by atoms with E-state index in [1.165, 1.54) is 16.1 Å². The number of aryl methyl sites for hydroxylation is 2. The molecular weight excluding hydrogens is 300 g/mol. The van der Waals surface area contributed by atoms with E-state index in [1.54, 1.807) is 3.96 Å². The first kappa shape index (κ1) is 16.2. The fourth-order valence-electron chi connectivity index (χ4n) is 2.15. The predicted molar refractivity (Wildman–Crippen MR) is 87.6 cm³/mol. The quantitative estimate of drug-likeness (QED) is 0.935. The maximum Gasteiger partial charge on any atom is 0.344 e. The molecule has 1 aromatic carbocycles. The van der Waals surface area contributed by atoms with Crippen LogP contribution in [0.25, 0.3) is 5.69 Å². The molecule has 0 aliphatic carbocycles. The average Bonchev–Trinajstić information content (AvgIpc) is 2.83. The van der Waals surface area contributed by atoms with Crippen LogP contribution in [0.2, 0.25) is 0 Å². The van der Waals surface area contributed by atoms with Crippen molar-refractivity contribution in [3.63, 3.8) is 0 Å². The number of hydrogen-bond acceptors (Lipinski definition) is 3. The summed E-state index contributed by atoms with van der Waals surface area (Å²) in [7, 11) is 0. The third-order valence-electron chi connectivity index (χ3n) is 3.21. The molecule has 0 saturated heterocycles. The zero-order chi connectivity index (χ0) is 16.1. The van der Waals surface area contributed by atoms with Gasteiger partial charge in [-0.1, -0.05) is 25.1 Å². The second-order valence-corrected chi connectivity index (χ2v) is 5.60. The molecule has 6 nitrogen and oxygen atoms in total. The van der Waals surface area contributed by atoms with Crippen LogP contribution in [0.3, 0.4) is 0 Å². The summed E-state index contributed by atoms with van der Waals surface area (Å²) in [5.74, 6) is 0. The Bertz CT molecular complexity index is 785. The minimum absolute atomic E-state index is 0.170. The average molecular weight is 320 g/mol. The molecule has 0 atom stereocenters. The van der Waals surface area contributed by atoms with E-state index in [4.69, 9.17) is 0 Å². The Labute approximate surface area is 132 Å². The third-order valence-corrected chi connectivity index (χ3v) is 4.29. The van der Waals surface area contributed by atoms with Crippen molar-refractivity contribution in [2.75, 3.05) is 6.54 Å². The smallest absolute Gasteiger partial charge is 0.336 e. The normalized spacial score (nSPS) is 11.7. The summed E-state index contributed by atoms with van der Waals surface area (Å²) < 4.78 is 3.10. The lowest BCUT2D eigenvalue weighted by molar-refractivity contribution is 0.249. The number of aromatic nitrogens is 2. The Morgan fingerprint density at radius 1 is 1.27 bits per heavy atom. The fourth-order valence-corrected chi connectivity index (χ4v) is 3.02. The zero-order valence-electron chi connectivity index (χ0n) is 13.0. The lowest BCUT2D eigenvalue weighted by Crippen LogP contribution is -2.30. The van der Waals surface area contributed by atoms with Gasteiger partial charge in [0.05, 0.1) is 5.69 Å². The molecule has 2 amide bonds. The molecule has 0 spiro atoms. The molecular formula is C15H20N4O2S. The topological polar surface area (TPSA) is 68.4 Å². The molecule has 0 unspecified atom stereocenters. The minimum Gasteiger partial charge on any atom is -0.336 e. The van der Waals surface area contributed by atoms with E-state index in [-0.39, 0.29) is 5.69 Å². The van der Waals surface area contributed by atoms with Gasteiger partial charge < -0.3 is 5.32 Å². The zero-order valence-corrected chi connectivity index (χ0v) is 13.8. The lowest BCUT2D eigenvalue weighted by atomic mass is 10.1. The summed E-state index contributed by atoms with van der Waals surface area (Å²) in [5.41, 5.74) is 1.65. The number of benzene rings is 1. The van der Waals surface area contributed by atoms with Crippen LogP contribution in [0.15, 0.2) is 34.1 Å². The van der Waals surface area contributed by atoms with Crippen LogP contribution in [0, 0.1) is 0 Å². The van der Waals surface area contributed by atoms with Crippen molar-refractivity contribution in [2.24, 2.45) is 4.99 Å². The van der Waals surface area contributed by atoms with E-state index >= 15 is 0 Å². The Morgan fingerprint density at radius 2 is 2.00 bits per heavy atom. The van der Waals surface area contributed by atoms with Gasteiger partial charge in [0, 0.05) is 13.1 Å². The van der Waals surface area contributed by atoms with E-state index in [9.17, 15) is 9.59 Å². The number of urea groups is 1. The highest BCUT2D eigenvalue weighted by atomic mass is 32.1. The van der Waals surface area contributed by atoms with Crippen molar-refractivity contribution in [3.05, 3.63) is 45.1 Å². The van der Waals surface area contributed by atoms with Gasteiger partial charge in [0.1, 0.15) is 0 Å². The lowest BCUT2D eigenvalue weighted by Gasteiger charge is -2.07. The first-order chi connectivity index (χ1) is 10.6. The number of hydrogen-bond donors (Lipinski definition) is 1. The van der Waals surface area contributed by atoms with Gasteiger partial charge in [0.15, 0.2) is 0 Å². The maximum atomic E-state index is 12.6. The SMILES string of the molecule is CCNC(=O)/N=c1\sn(CC)c(=O)n1-c1ccccc1CC. The summed E-state index contributed by atoms with van der Waals surface area (Å²) in [6.07, 6.45) is 0.797. The van der Waals surface area contributed by atoms with Gasteiger partial charge in [-0.25, -0.2) is 18.1 Å². The van der Waals surface area contributed by atoms with Crippen LogP contribution >= 0.6 is 11.5 Å². The molecule has 118 valence electrons. The molecule has 0 saturated carbocycles. The summed E-state index contributed by atoms with van der Waals surface area (Å²) in [6.45, 7) is 6.79. The molecule has 2 rings (SSSR count). The number of nitrogens with one attached hydrogen (secondary N) is 1. The Kier molecular flexibility index (Phi) is 5.32. The number of para-hydroxylation sites is 1. The van der Waals surface area contributed by atoms with Crippen LogP contribution in [0.1, 0.15) is 26.3 Å². The summed E-state index contributed by atoms with van der Waals surface area (Å²) in [6, 6.07) is 7.24. The molecule has 0 aliphatic heterocycles. The van der Waals surface area contributed by atoms with Crippen molar-refractivity contribution in [1.29, 1.82) is 0 Å². The number of amides is 2. The van der Waals surface area contributed by atoms with Gasteiger partial charge in [0.2, 0.25) is 4.80 Å². The first-order valence-corrected chi connectivity index (χ1v) is 8.13. The first-order valence-electron chi connectivity index (χ1n) is 7.36. The van der Waals surface area contributed by atoms with E-state index in [0.29, 0.717) is 17.9 Å². The highest BCUT2D eigenvalue weighted by Gasteiger charge is 2.13. The molecule has 1 heterocycles. The van der Waals surface area contributed by atoms with Crippen LogP contribution in [-0.2, 0) is 13.0 Å². The molecule has 0 aliphatic rings. The van der Waals surface area contributed by atoms with Crippen LogP contribution in [0.4, 0.5) is 4.79 Å². The fraction of sp³-hybridized carbons (Fsp3) is 0.400. The van der Waals surface area contributed by atoms with Gasteiger partial charge in [-0.2, -0.15) is 4.99 Å². The molecule has 22 heavy (non-hydrogen) atoms. The van der Waals surface area contributed by atoms with Gasteiger partial charge in [-0.15, -0.1) is 0 Å². The summed E-state index contributed by atoms with van der Waals surface area (Å²) >= 11 is 1.19. The Hall–Kier alpha value is -2.15. The van der Waals surface area contributed by atoms with Gasteiger partial charge in [-0.3, -0.25) is 0 Å². The Morgan fingerprint density at radius 3 is 2.64 bits per heavy atom. The summed E-state index contributed by atoms with van der Waals surface area (Å²) in [5, 5.41) is 2.62. The maximum absolute atomic E-state index is 12.6. The van der Waals surface area contributed by atoms with Gasteiger partial charge in [-0.05, 0) is 43.4 Å². The predicted octanol–water partition coefficient (Wildman–Crippen LogP) is 1.91. The molecule has 0 radical (unpaired) electrons. The number of carbonyl (C=O) groups excluding carboxylic acids is 1.